The molecular formula is C21H27N3O. The topological polar surface area (TPSA) is 38.2 Å². The third-order valence-corrected chi connectivity index (χ3v) is 5.47. The van der Waals surface area contributed by atoms with Crippen LogP contribution < -0.4 is 0 Å². The van der Waals surface area contributed by atoms with Crippen LogP contribution in [0, 0.1) is 6.92 Å². The van der Waals surface area contributed by atoms with Crippen molar-refractivity contribution in [1.29, 1.82) is 0 Å². The van der Waals surface area contributed by atoms with E-state index in [0.717, 1.165) is 43.9 Å². The van der Waals surface area contributed by atoms with Crippen molar-refractivity contribution in [3.63, 3.8) is 0 Å². The van der Waals surface area contributed by atoms with Crippen LogP contribution in [-0.2, 0) is 11.2 Å². The number of rotatable bonds is 4. The summed E-state index contributed by atoms with van der Waals surface area (Å²) in [5, 5.41) is 0. The fourth-order valence-corrected chi connectivity index (χ4v) is 4.26. The van der Waals surface area contributed by atoms with Gasteiger partial charge in [-0.25, -0.2) is 0 Å². The van der Waals surface area contributed by atoms with Crippen LogP contribution in [0.25, 0.3) is 0 Å². The van der Waals surface area contributed by atoms with Gasteiger partial charge in [0.15, 0.2) is 0 Å². The van der Waals surface area contributed by atoms with Crippen LogP contribution >= 0.6 is 0 Å². The van der Waals surface area contributed by atoms with Gasteiger partial charge >= 0.3 is 0 Å². The Morgan fingerprint density at radius 2 is 2.04 bits per heavy atom. The molecule has 2 aromatic rings. The van der Waals surface area contributed by atoms with Crippen molar-refractivity contribution in [2.24, 2.45) is 0 Å². The van der Waals surface area contributed by atoms with Gasteiger partial charge in [0, 0.05) is 38.1 Å². The Kier molecular flexibility index (Phi) is 5.09. The summed E-state index contributed by atoms with van der Waals surface area (Å²) in [5.74, 6) is 0. The molecule has 0 saturated carbocycles. The summed E-state index contributed by atoms with van der Waals surface area (Å²) >= 11 is 0. The highest BCUT2D eigenvalue weighted by Crippen LogP contribution is 2.35. The minimum atomic E-state index is 0.424. The molecular weight excluding hydrogens is 310 g/mol. The van der Waals surface area contributed by atoms with E-state index in [1.54, 1.807) is 0 Å². The number of ether oxygens (including phenoxy) is 1. The molecule has 4 rings (SSSR count). The Labute approximate surface area is 150 Å². The molecule has 4 nitrogen and oxygen atoms in total. The lowest BCUT2D eigenvalue weighted by Gasteiger charge is -2.35. The first-order chi connectivity index (χ1) is 12.3. The second-order valence-electron chi connectivity index (χ2n) is 7.34. The zero-order chi connectivity index (χ0) is 17.1. The summed E-state index contributed by atoms with van der Waals surface area (Å²) in [6.07, 6.45) is 9.49. The fraction of sp³-hybridized carbons (Fsp3) is 0.524. The standard InChI is InChI=1S/C21H27N3O/c1-16-4-2-5-17(12-16)13-18-14-22-15-20(23-18)21-6-3-9-24(21)19-7-10-25-11-8-19/h2,4-5,12,14-15,19,21H,3,6-11,13H2,1H3. The average molecular weight is 337 g/mol. The molecule has 1 atom stereocenters. The second kappa shape index (κ2) is 7.63. The summed E-state index contributed by atoms with van der Waals surface area (Å²) in [6.45, 7) is 5.11. The zero-order valence-electron chi connectivity index (χ0n) is 15.0. The van der Waals surface area contributed by atoms with Gasteiger partial charge in [-0.15, -0.1) is 0 Å². The lowest BCUT2D eigenvalue weighted by molar-refractivity contribution is 0.0284. The maximum atomic E-state index is 5.54. The van der Waals surface area contributed by atoms with E-state index in [4.69, 9.17) is 9.72 Å². The van der Waals surface area contributed by atoms with Crippen molar-refractivity contribution in [3.05, 3.63) is 59.2 Å². The quantitative estimate of drug-likeness (QED) is 0.853. The van der Waals surface area contributed by atoms with Crippen LogP contribution in [0.15, 0.2) is 36.7 Å². The van der Waals surface area contributed by atoms with Gasteiger partial charge in [0.25, 0.3) is 0 Å². The molecule has 1 aromatic heterocycles. The highest BCUT2D eigenvalue weighted by Gasteiger charge is 2.33. The van der Waals surface area contributed by atoms with Crippen molar-refractivity contribution in [2.45, 2.75) is 51.1 Å². The van der Waals surface area contributed by atoms with Gasteiger partial charge in [0.1, 0.15) is 0 Å². The monoisotopic (exact) mass is 337 g/mol. The van der Waals surface area contributed by atoms with Gasteiger partial charge in [0.05, 0.1) is 17.4 Å². The van der Waals surface area contributed by atoms with Gasteiger partial charge in [-0.1, -0.05) is 29.8 Å². The lowest BCUT2D eigenvalue weighted by Crippen LogP contribution is -2.39. The Balaban J connectivity index is 1.52. The van der Waals surface area contributed by atoms with Gasteiger partial charge in [-0.3, -0.25) is 14.9 Å². The van der Waals surface area contributed by atoms with Gasteiger partial charge in [-0.05, 0) is 44.7 Å². The smallest absolute Gasteiger partial charge is 0.0761 e. The summed E-state index contributed by atoms with van der Waals surface area (Å²) in [7, 11) is 0. The number of likely N-dealkylation sites (tertiary alicyclic amines) is 1. The van der Waals surface area contributed by atoms with Crippen LogP contribution in [-0.4, -0.2) is 40.7 Å². The summed E-state index contributed by atoms with van der Waals surface area (Å²) < 4.78 is 5.54. The molecule has 0 radical (unpaired) electrons. The Morgan fingerprint density at radius 1 is 1.16 bits per heavy atom. The molecule has 25 heavy (non-hydrogen) atoms. The molecule has 2 aliphatic heterocycles. The number of nitrogens with zero attached hydrogens (tertiary/aromatic N) is 3. The minimum absolute atomic E-state index is 0.424. The molecule has 2 aliphatic rings. The van der Waals surface area contributed by atoms with E-state index in [1.807, 2.05) is 12.4 Å². The lowest BCUT2D eigenvalue weighted by atomic mass is 10.0. The van der Waals surface area contributed by atoms with Crippen LogP contribution in [0.1, 0.15) is 54.2 Å². The van der Waals surface area contributed by atoms with Crippen LogP contribution in [0.5, 0.6) is 0 Å². The number of aryl methyl sites for hydroxylation is 1. The molecule has 1 aromatic carbocycles. The fourth-order valence-electron chi connectivity index (χ4n) is 4.26. The largest absolute Gasteiger partial charge is 0.381 e. The molecule has 4 heteroatoms. The zero-order valence-corrected chi connectivity index (χ0v) is 15.0. The maximum Gasteiger partial charge on any atom is 0.0761 e. The van der Waals surface area contributed by atoms with E-state index in [1.165, 1.54) is 30.5 Å². The molecule has 0 spiro atoms. The first-order valence-electron chi connectivity index (χ1n) is 9.49. The highest BCUT2D eigenvalue weighted by atomic mass is 16.5. The molecule has 132 valence electrons. The average Bonchev–Trinajstić information content (AvgIpc) is 3.13. The first-order valence-corrected chi connectivity index (χ1v) is 9.49. The second-order valence-corrected chi connectivity index (χ2v) is 7.34. The SMILES string of the molecule is Cc1cccc(Cc2cncc(C3CCCN3C3CCOCC3)n2)c1. The van der Waals surface area contributed by atoms with E-state index in [-0.39, 0.29) is 0 Å². The van der Waals surface area contributed by atoms with Crippen molar-refractivity contribution in [3.8, 4) is 0 Å². The highest BCUT2D eigenvalue weighted by molar-refractivity contribution is 5.26. The van der Waals surface area contributed by atoms with Crippen LogP contribution in [0.4, 0.5) is 0 Å². The van der Waals surface area contributed by atoms with Crippen molar-refractivity contribution in [2.75, 3.05) is 19.8 Å². The van der Waals surface area contributed by atoms with E-state index in [0.29, 0.717) is 12.1 Å². The van der Waals surface area contributed by atoms with Gasteiger partial charge < -0.3 is 4.74 Å². The van der Waals surface area contributed by atoms with E-state index in [2.05, 4.69) is 41.1 Å². The minimum Gasteiger partial charge on any atom is -0.381 e. The first kappa shape index (κ1) is 16.7. The van der Waals surface area contributed by atoms with E-state index < -0.39 is 0 Å². The van der Waals surface area contributed by atoms with E-state index >= 15 is 0 Å². The molecule has 0 amide bonds. The Hall–Kier alpha value is -1.78. The van der Waals surface area contributed by atoms with Gasteiger partial charge in [-0.2, -0.15) is 0 Å². The maximum absolute atomic E-state index is 5.54. The third-order valence-electron chi connectivity index (χ3n) is 5.47. The molecule has 0 bridgehead atoms. The van der Waals surface area contributed by atoms with Crippen molar-refractivity contribution in [1.82, 2.24) is 14.9 Å². The molecule has 1 unspecified atom stereocenters. The molecule has 0 N–H and O–H groups in total. The molecule has 3 heterocycles. The number of hydrogen-bond acceptors (Lipinski definition) is 4. The number of hydrogen-bond donors (Lipinski definition) is 0. The predicted octanol–water partition coefficient (Wildman–Crippen LogP) is 3.69. The number of aromatic nitrogens is 2. The molecule has 2 fully saturated rings. The summed E-state index contributed by atoms with van der Waals surface area (Å²) in [4.78, 5) is 12.2. The van der Waals surface area contributed by atoms with Crippen LogP contribution in [0.3, 0.4) is 0 Å². The number of benzene rings is 1. The third kappa shape index (κ3) is 3.91. The van der Waals surface area contributed by atoms with Gasteiger partial charge in [0.2, 0.25) is 0 Å². The summed E-state index contributed by atoms with van der Waals surface area (Å²) in [6, 6.07) is 9.72. The van der Waals surface area contributed by atoms with Crippen molar-refractivity contribution < 1.29 is 4.74 Å². The van der Waals surface area contributed by atoms with Crippen LogP contribution in [0.2, 0.25) is 0 Å². The summed E-state index contributed by atoms with van der Waals surface area (Å²) in [5.41, 5.74) is 4.82. The normalized spacial score (nSPS) is 22.4. The predicted molar refractivity (Wildman–Crippen MR) is 98.5 cm³/mol. The molecule has 2 saturated heterocycles. The van der Waals surface area contributed by atoms with E-state index in [9.17, 15) is 0 Å². The molecule has 0 aliphatic carbocycles. The Morgan fingerprint density at radius 3 is 2.88 bits per heavy atom. The Bertz CT molecular complexity index is 712. The van der Waals surface area contributed by atoms with Crippen molar-refractivity contribution >= 4 is 0 Å².